The number of piperidine rings is 1. The van der Waals surface area contributed by atoms with Crippen LogP contribution in [0.3, 0.4) is 0 Å². The van der Waals surface area contributed by atoms with E-state index in [2.05, 4.69) is 18.7 Å². The lowest BCUT2D eigenvalue weighted by Gasteiger charge is -2.34. The third-order valence-electron chi connectivity index (χ3n) is 3.62. The summed E-state index contributed by atoms with van der Waals surface area (Å²) in [5.74, 6) is 1.81. The number of nitrogens with two attached hydrogens (primary N) is 1. The maximum absolute atomic E-state index is 5.48. The number of unbranched alkanes of at least 4 members (excludes halogenated alkanes) is 4. The molecule has 1 heterocycles. The molecule has 0 amide bonds. The molecule has 0 aromatic carbocycles. The van der Waals surface area contributed by atoms with Gasteiger partial charge in [-0.25, -0.2) is 0 Å². The Morgan fingerprint density at radius 2 is 1.50 bits per heavy atom. The highest BCUT2D eigenvalue weighted by Gasteiger charge is 2.20. The fraction of sp³-hybridized carbons (Fsp3) is 1.00. The van der Waals surface area contributed by atoms with Gasteiger partial charge >= 0.3 is 0 Å². The normalized spacial score (nSPS) is 27.2. The zero-order valence-corrected chi connectivity index (χ0v) is 11.3. The van der Waals surface area contributed by atoms with E-state index >= 15 is 0 Å². The monoisotopic (exact) mass is 226 g/mol. The molecule has 2 atom stereocenters. The quantitative estimate of drug-likeness (QED) is 0.676. The second kappa shape index (κ2) is 8.08. The molecule has 1 rings (SSSR count). The van der Waals surface area contributed by atoms with E-state index in [9.17, 15) is 0 Å². The van der Waals surface area contributed by atoms with E-state index in [0.29, 0.717) is 0 Å². The summed E-state index contributed by atoms with van der Waals surface area (Å²) in [6.07, 6.45) is 8.09. The highest BCUT2D eigenvalue weighted by Crippen LogP contribution is 2.21. The molecule has 96 valence electrons. The van der Waals surface area contributed by atoms with Crippen molar-refractivity contribution >= 4 is 0 Å². The SMILES string of the molecule is CC1CC(C)CN(CCCCCCCN)C1. The van der Waals surface area contributed by atoms with Crippen LogP contribution in [0.2, 0.25) is 0 Å². The van der Waals surface area contributed by atoms with Crippen LogP contribution in [0.4, 0.5) is 0 Å². The number of nitrogens with zero attached hydrogens (tertiary/aromatic N) is 1. The van der Waals surface area contributed by atoms with E-state index in [1.807, 2.05) is 0 Å². The van der Waals surface area contributed by atoms with Gasteiger partial charge in [-0.15, -0.1) is 0 Å². The largest absolute Gasteiger partial charge is 0.330 e. The lowest BCUT2D eigenvalue weighted by molar-refractivity contribution is 0.138. The van der Waals surface area contributed by atoms with Gasteiger partial charge in [0.05, 0.1) is 0 Å². The maximum atomic E-state index is 5.48. The van der Waals surface area contributed by atoms with Crippen LogP contribution in [0.15, 0.2) is 0 Å². The van der Waals surface area contributed by atoms with E-state index in [1.165, 1.54) is 58.2 Å². The first-order chi connectivity index (χ1) is 7.72. The molecule has 0 aromatic heterocycles. The first-order valence-electron chi connectivity index (χ1n) is 7.14. The van der Waals surface area contributed by atoms with Crippen LogP contribution in [-0.2, 0) is 0 Å². The number of hydrogen-bond acceptors (Lipinski definition) is 2. The second-order valence-electron chi connectivity index (χ2n) is 5.76. The van der Waals surface area contributed by atoms with Gasteiger partial charge in [-0.2, -0.15) is 0 Å². The Morgan fingerprint density at radius 3 is 2.12 bits per heavy atom. The maximum Gasteiger partial charge on any atom is 0.000724 e. The first kappa shape index (κ1) is 14.0. The molecule has 0 spiro atoms. The van der Waals surface area contributed by atoms with Crippen LogP contribution in [0.25, 0.3) is 0 Å². The smallest absolute Gasteiger partial charge is 0.000724 e. The van der Waals surface area contributed by atoms with Crippen LogP contribution in [0.5, 0.6) is 0 Å². The molecule has 0 radical (unpaired) electrons. The van der Waals surface area contributed by atoms with Gasteiger partial charge in [-0.1, -0.05) is 33.1 Å². The van der Waals surface area contributed by atoms with Gasteiger partial charge in [0.2, 0.25) is 0 Å². The van der Waals surface area contributed by atoms with Crippen molar-refractivity contribution in [3.63, 3.8) is 0 Å². The summed E-state index contributed by atoms with van der Waals surface area (Å²) in [6.45, 7) is 9.62. The Morgan fingerprint density at radius 1 is 0.938 bits per heavy atom. The molecule has 1 aliphatic rings. The van der Waals surface area contributed by atoms with E-state index in [1.54, 1.807) is 0 Å². The van der Waals surface area contributed by atoms with Gasteiger partial charge in [0, 0.05) is 13.1 Å². The average Bonchev–Trinajstić information content (AvgIpc) is 2.22. The minimum Gasteiger partial charge on any atom is -0.330 e. The van der Waals surface area contributed by atoms with E-state index in [-0.39, 0.29) is 0 Å². The Labute approximate surface area is 102 Å². The molecule has 0 aromatic rings. The van der Waals surface area contributed by atoms with Crippen LogP contribution < -0.4 is 5.73 Å². The Hall–Kier alpha value is -0.0800. The molecule has 0 aliphatic carbocycles. The van der Waals surface area contributed by atoms with Gasteiger partial charge in [0.15, 0.2) is 0 Å². The molecule has 2 N–H and O–H groups in total. The molecule has 2 heteroatoms. The van der Waals surface area contributed by atoms with Crippen molar-refractivity contribution in [1.82, 2.24) is 4.90 Å². The number of likely N-dealkylation sites (tertiary alicyclic amines) is 1. The van der Waals surface area contributed by atoms with Gasteiger partial charge in [-0.05, 0) is 44.2 Å². The second-order valence-corrected chi connectivity index (χ2v) is 5.76. The molecule has 2 unspecified atom stereocenters. The molecule has 1 fully saturated rings. The Balaban J connectivity index is 1.99. The van der Waals surface area contributed by atoms with Gasteiger partial charge in [-0.3, -0.25) is 0 Å². The van der Waals surface area contributed by atoms with Crippen LogP contribution in [0, 0.1) is 11.8 Å². The summed E-state index contributed by atoms with van der Waals surface area (Å²) in [7, 11) is 0. The molecule has 16 heavy (non-hydrogen) atoms. The van der Waals surface area contributed by atoms with Gasteiger partial charge in [0.25, 0.3) is 0 Å². The molecular formula is C14H30N2. The zero-order chi connectivity index (χ0) is 11.8. The Bertz CT molecular complexity index is 160. The van der Waals surface area contributed by atoms with Crippen molar-refractivity contribution in [1.29, 1.82) is 0 Å². The van der Waals surface area contributed by atoms with Crippen molar-refractivity contribution < 1.29 is 0 Å². The average molecular weight is 226 g/mol. The molecular weight excluding hydrogens is 196 g/mol. The minimum atomic E-state index is 0.862. The molecule has 0 bridgehead atoms. The fourth-order valence-electron chi connectivity index (χ4n) is 2.98. The number of hydrogen-bond donors (Lipinski definition) is 1. The van der Waals surface area contributed by atoms with Crippen molar-refractivity contribution in [2.45, 2.75) is 52.4 Å². The van der Waals surface area contributed by atoms with E-state index < -0.39 is 0 Å². The molecule has 1 aliphatic heterocycles. The van der Waals surface area contributed by atoms with Gasteiger partial charge < -0.3 is 10.6 Å². The highest BCUT2D eigenvalue weighted by atomic mass is 15.1. The molecule has 0 saturated carbocycles. The van der Waals surface area contributed by atoms with Crippen LogP contribution in [0.1, 0.15) is 52.4 Å². The topological polar surface area (TPSA) is 29.3 Å². The summed E-state index contributed by atoms with van der Waals surface area (Å²) < 4.78 is 0. The van der Waals surface area contributed by atoms with Gasteiger partial charge in [0.1, 0.15) is 0 Å². The number of rotatable bonds is 7. The molecule has 2 nitrogen and oxygen atoms in total. The van der Waals surface area contributed by atoms with Crippen LogP contribution in [-0.4, -0.2) is 31.1 Å². The van der Waals surface area contributed by atoms with E-state index in [0.717, 1.165) is 18.4 Å². The van der Waals surface area contributed by atoms with Crippen molar-refractivity contribution in [2.75, 3.05) is 26.2 Å². The lowest BCUT2D eigenvalue weighted by Crippen LogP contribution is -2.39. The predicted octanol–water partition coefficient (Wildman–Crippen LogP) is 2.87. The summed E-state index contributed by atoms with van der Waals surface area (Å²) in [5, 5.41) is 0. The molecule has 1 saturated heterocycles. The standard InChI is InChI=1S/C14H30N2/c1-13-10-14(2)12-16(11-13)9-7-5-3-4-6-8-15/h13-14H,3-12,15H2,1-2H3. The van der Waals surface area contributed by atoms with Crippen molar-refractivity contribution in [2.24, 2.45) is 17.6 Å². The summed E-state index contributed by atoms with van der Waals surface area (Å²) in [6, 6.07) is 0. The van der Waals surface area contributed by atoms with Crippen LogP contribution >= 0.6 is 0 Å². The first-order valence-corrected chi connectivity index (χ1v) is 7.14. The fourth-order valence-corrected chi connectivity index (χ4v) is 2.98. The predicted molar refractivity (Wildman–Crippen MR) is 71.5 cm³/mol. The summed E-state index contributed by atoms with van der Waals surface area (Å²) in [4.78, 5) is 2.67. The van der Waals surface area contributed by atoms with Crippen molar-refractivity contribution in [3.8, 4) is 0 Å². The zero-order valence-electron chi connectivity index (χ0n) is 11.3. The minimum absolute atomic E-state index is 0.862. The van der Waals surface area contributed by atoms with Crippen molar-refractivity contribution in [3.05, 3.63) is 0 Å². The summed E-state index contributed by atoms with van der Waals surface area (Å²) >= 11 is 0. The third kappa shape index (κ3) is 5.86. The van der Waals surface area contributed by atoms with E-state index in [4.69, 9.17) is 5.73 Å². The third-order valence-corrected chi connectivity index (χ3v) is 3.62. The lowest BCUT2D eigenvalue weighted by atomic mass is 9.92. The Kier molecular flexibility index (Phi) is 7.06. The summed E-state index contributed by atoms with van der Waals surface area (Å²) in [5.41, 5.74) is 5.48. The highest BCUT2D eigenvalue weighted by molar-refractivity contribution is 4.74.